The van der Waals surface area contributed by atoms with E-state index in [9.17, 15) is 4.79 Å². The van der Waals surface area contributed by atoms with Gasteiger partial charge in [0, 0.05) is 19.0 Å². The van der Waals surface area contributed by atoms with E-state index in [0.717, 1.165) is 17.5 Å². The van der Waals surface area contributed by atoms with E-state index in [-0.39, 0.29) is 11.2 Å². The second kappa shape index (κ2) is 8.04. The Morgan fingerprint density at radius 1 is 1.28 bits per heavy atom. The van der Waals surface area contributed by atoms with Crippen LogP contribution in [0.3, 0.4) is 0 Å². The van der Waals surface area contributed by atoms with E-state index in [1.54, 1.807) is 0 Å². The number of hydrogen-bond acceptors (Lipinski definition) is 4. The fraction of sp³-hybridized carbons (Fsp3) is 0.526. The second-order valence-corrected chi connectivity index (χ2v) is 7.98. The van der Waals surface area contributed by atoms with Crippen LogP contribution in [0.2, 0.25) is 0 Å². The van der Waals surface area contributed by atoms with E-state index in [1.165, 1.54) is 30.2 Å². The van der Waals surface area contributed by atoms with Crippen LogP contribution in [0.25, 0.3) is 0 Å². The average molecular weight is 359 g/mol. The van der Waals surface area contributed by atoms with Gasteiger partial charge in [0.05, 0.1) is 5.25 Å². The number of carbonyl (C=O) groups excluding carboxylic acids is 1. The molecular weight excluding hydrogens is 332 g/mol. The molecule has 25 heavy (non-hydrogen) atoms. The standard InChI is InChI=1S/C19H26N4OS/c1-4-23-17(16-10-11-16)21-22-19(23)25-14(3)18(24)20-12-13(2)15-8-6-5-7-9-15/h5-9,13-14,16H,4,10-12H2,1-3H3,(H,20,24)/t13-,14+/m0/s1. The van der Waals surface area contributed by atoms with Crippen LogP contribution in [0.5, 0.6) is 0 Å². The fourth-order valence-electron chi connectivity index (χ4n) is 2.84. The Hall–Kier alpha value is -1.82. The molecule has 1 N–H and O–H groups in total. The summed E-state index contributed by atoms with van der Waals surface area (Å²) >= 11 is 1.49. The molecule has 0 saturated heterocycles. The van der Waals surface area contributed by atoms with Crippen LogP contribution in [0.1, 0.15) is 56.8 Å². The maximum absolute atomic E-state index is 12.4. The highest BCUT2D eigenvalue weighted by Crippen LogP contribution is 2.40. The van der Waals surface area contributed by atoms with Crippen molar-refractivity contribution in [2.45, 2.75) is 62.4 Å². The summed E-state index contributed by atoms with van der Waals surface area (Å²) in [6, 6.07) is 10.3. The van der Waals surface area contributed by atoms with Gasteiger partial charge in [0.15, 0.2) is 5.16 Å². The van der Waals surface area contributed by atoms with Crippen LogP contribution in [-0.4, -0.2) is 32.5 Å². The minimum Gasteiger partial charge on any atom is -0.355 e. The number of thioether (sulfide) groups is 1. The summed E-state index contributed by atoms with van der Waals surface area (Å²) in [6.45, 7) is 7.65. The molecule has 134 valence electrons. The molecular formula is C19H26N4OS. The van der Waals surface area contributed by atoms with Gasteiger partial charge in [-0.2, -0.15) is 0 Å². The van der Waals surface area contributed by atoms with E-state index >= 15 is 0 Å². The number of hydrogen-bond donors (Lipinski definition) is 1. The predicted octanol–water partition coefficient (Wildman–Crippen LogP) is 3.58. The molecule has 1 heterocycles. The molecule has 5 nitrogen and oxygen atoms in total. The normalized spacial score (nSPS) is 16.4. The molecule has 3 rings (SSSR count). The largest absolute Gasteiger partial charge is 0.355 e. The first-order valence-corrected chi connectivity index (χ1v) is 9.90. The third kappa shape index (κ3) is 4.42. The smallest absolute Gasteiger partial charge is 0.233 e. The fourth-order valence-corrected chi connectivity index (χ4v) is 3.78. The SMILES string of the molecule is CCn1c(S[C@H](C)C(=O)NC[C@H](C)c2ccccc2)nnc1C1CC1. The van der Waals surface area contributed by atoms with Crippen molar-refractivity contribution < 1.29 is 4.79 Å². The second-order valence-electron chi connectivity index (χ2n) is 6.68. The molecule has 0 bridgehead atoms. The zero-order valence-electron chi connectivity index (χ0n) is 15.1. The summed E-state index contributed by atoms with van der Waals surface area (Å²) < 4.78 is 2.15. The Bertz CT molecular complexity index is 711. The van der Waals surface area contributed by atoms with Crippen LogP contribution in [0, 0.1) is 0 Å². The van der Waals surface area contributed by atoms with Crippen molar-refractivity contribution in [1.82, 2.24) is 20.1 Å². The lowest BCUT2D eigenvalue weighted by molar-refractivity contribution is -0.120. The summed E-state index contributed by atoms with van der Waals surface area (Å²) in [5, 5.41) is 12.4. The third-order valence-electron chi connectivity index (χ3n) is 4.61. The monoisotopic (exact) mass is 358 g/mol. The summed E-state index contributed by atoms with van der Waals surface area (Å²) in [5.74, 6) is 1.99. The highest BCUT2D eigenvalue weighted by atomic mass is 32.2. The van der Waals surface area contributed by atoms with Crippen LogP contribution in [-0.2, 0) is 11.3 Å². The first-order valence-electron chi connectivity index (χ1n) is 9.02. The predicted molar refractivity (Wildman–Crippen MR) is 101 cm³/mol. The first kappa shape index (κ1) is 18.0. The molecule has 1 aromatic heterocycles. The summed E-state index contributed by atoms with van der Waals surface area (Å²) in [6.07, 6.45) is 2.41. The van der Waals surface area contributed by atoms with Crippen molar-refractivity contribution in [3.8, 4) is 0 Å². The van der Waals surface area contributed by atoms with E-state index in [1.807, 2.05) is 25.1 Å². The average Bonchev–Trinajstić information content (AvgIpc) is 3.41. The Morgan fingerprint density at radius 2 is 2.00 bits per heavy atom. The van der Waals surface area contributed by atoms with E-state index < -0.39 is 0 Å². The molecule has 1 aliphatic carbocycles. The van der Waals surface area contributed by atoms with E-state index in [0.29, 0.717) is 18.4 Å². The van der Waals surface area contributed by atoms with Crippen molar-refractivity contribution in [1.29, 1.82) is 0 Å². The van der Waals surface area contributed by atoms with Gasteiger partial charge < -0.3 is 9.88 Å². The van der Waals surface area contributed by atoms with Crippen LogP contribution >= 0.6 is 11.8 Å². The molecule has 1 fully saturated rings. The summed E-state index contributed by atoms with van der Waals surface area (Å²) in [5.41, 5.74) is 1.24. The minimum atomic E-state index is -0.190. The van der Waals surface area contributed by atoms with Crippen molar-refractivity contribution >= 4 is 17.7 Å². The lowest BCUT2D eigenvalue weighted by Crippen LogP contribution is -2.33. The number of aromatic nitrogens is 3. The number of rotatable bonds is 8. The van der Waals surface area contributed by atoms with Gasteiger partial charge >= 0.3 is 0 Å². The summed E-state index contributed by atoms with van der Waals surface area (Å²) in [7, 11) is 0. The first-order chi connectivity index (χ1) is 12.1. The van der Waals surface area contributed by atoms with Crippen molar-refractivity contribution in [3.05, 3.63) is 41.7 Å². The molecule has 1 amide bonds. The number of amides is 1. The minimum absolute atomic E-state index is 0.0476. The van der Waals surface area contributed by atoms with Gasteiger partial charge in [-0.15, -0.1) is 10.2 Å². The van der Waals surface area contributed by atoms with Crippen molar-refractivity contribution in [3.63, 3.8) is 0 Å². The molecule has 1 aromatic carbocycles. The van der Waals surface area contributed by atoms with Gasteiger partial charge in [-0.05, 0) is 38.2 Å². The third-order valence-corrected chi connectivity index (χ3v) is 5.69. The topological polar surface area (TPSA) is 59.8 Å². The molecule has 1 aliphatic rings. The number of nitrogens with one attached hydrogen (secondary N) is 1. The van der Waals surface area contributed by atoms with E-state index in [4.69, 9.17) is 0 Å². The zero-order chi connectivity index (χ0) is 17.8. The lowest BCUT2D eigenvalue weighted by Gasteiger charge is -2.16. The van der Waals surface area contributed by atoms with Crippen LogP contribution < -0.4 is 5.32 Å². The number of carbonyl (C=O) groups is 1. The van der Waals surface area contributed by atoms with Crippen LogP contribution in [0.15, 0.2) is 35.5 Å². The Labute approximate surface area is 153 Å². The molecule has 0 aliphatic heterocycles. The molecule has 2 atom stereocenters. The molecule has 0 unspecified atom stereocenters. The Morgan fingerprint density at radius 3 is 2.64 bits per heavy atom. The number of benzene rings is 1. The lowest BCUT2D eigenvalue weighted by atomic mass is 10.0. The van der Waals surface area contributed by atoms with Gasteiger partial charge in [0.1, 0.15) is 5.82 Å². The molecule has 0 radical (unpaired) electrons. The maximum atomic E-state index is 12.4. The van der Waals surface area contributed by atoms with Crippen molar-refractivity contribution in [2.24, 2.45) is 0 Å². The van der Waals surface area contributed by atoms with Gasteiger partial charge in [-0.3, -0.25) is 4.79 Å². The molecule has 6 heteroatoms. The zero-order valence-corrected chi connectivity index (χ0v) is 15.9. The Kier molecular flexibility index (Phi) is 5.78. The van der Waals surface area contributed by atoms with Crippen LogP contribution in [0.4, 0.5) is 0 Å². The molecule has 1 saturated carbocycles. The summed E-state index contributed by atoms with van der Waals surface area (Å²) in [4.78, 5) is 12.4. The number of nitrogens with zero attached hydrogens (tertiary/aromatic N) is 3. The van der Waals surface area contributed by atoms with Gasteiger partial charge in [0.25, 0.3) is 0 Å². The highest BCUT2D eigenvalue weighted by molar-refractivity contribution is 8.00. The van der Waals surface area contributed by atoms with E-state index in [2.05, 4.69) is 46.1 Å². The quantitative estimate of drug-likeness (QED) is 0.733. The Balaban J connectivity index is 1.54. The molecule has 0 spiro atoms. The van der Waals surface area contributed by atoms with Gasteiger partial charge in [0.2, 0.25) is 5.91 Å². The maximum Gasteiger partial charge on any atom is 0.233 e. The molecule has 2 aromatic rings. The van der Waals surface area contributed by atoms with Crippen molar-refractivity contribution in [2.75, 3.05) is 6.54 Å². The van der Waals surface area contributed by atoms with Gasteiger partial charge in [-0.1, -0.05) is 49.0 Å². The van der Waals surface area contributed by atoms with Gasteiger partial charge in [-0.25, -0.2) is 0 Å². The highest BCUT2D eigenvalue weighted by Gasteiger charge is 2.30.